The van der Waals surface area contributed by atoms with Gasteiger partial charge in [0.1, 0.15) is 0 Å². The molecule has 0 bridgehead atoms. The largest absolute Gasteiger partial charge is 0.347 e. The van der Waals surface area contributed by atoms with Crippen molar-refractivity contribution in [2.24, 2.45) is 0 Å². The Balaban J connectivity index is 0.000000531. The predicted octanol–water partition coefficient (Wildman–Crippen LogP) is 2.84. The number of carbonyl (C=O) groups excluding carboxylic acids is 1. The molecule has 1 aromatic carbocycles. The molecule has 0 aromatic heterocycles. The molecule has 15 heavy (non-hydrogen) atoms. The molecule has 0 atom stereocenters. The average molecular weight is 205 g/mol. The van der Waals surface area contributed by atoms with Crippen molar-refractivity contribution in [2.45, 2.75) is 39.2 Å². The zero-order valence-electron chi connectivity index (χ0n) is 9.71. The van der Waals surface area contributed by atoms with E-state index < -0.39 is 0 Å². The molecule has 1 saturated carbocycles. The summed E-state index contributed by atoms with van der Waals surface area (Å²) in [6.07, 6.45) is 2.13. The van der Waals surface area contributed by atoms with Gasteiger partial charge in [-0.2, -0.15) is 0 Å². The third kappa shape index (κ3) is 2.82. The summed E-state index contributed by atoms with van der Waals surface area (Å²) >= 11 is 0. The summed E-state index contributed by atoms with van der Waals surface area (Å²) in [6, 6.07) is 10.2. The predicted molar refractivity (Wildman–Crippen MR) is 62.5 cm³/mol. The quantitative estimate of drug-likeness (QED) is 0.790. The van der Waals surface area contributed by atoms with Gasteiger partial charge in [-0.1, -0.05) is 44.2 Å². The SMILES string of the molecule is CC.CC(=O)NC1(c2ccccc2)CC1. The van der Waals surface area contributed by atoms with E-state index in [0.29, 0.717) is 0 Å². The monoisotopic (exact) mass is 205 g/mol. The Kier molecular flexibility index (Phi) is 3.89. The lowest BCUT2D eigenvalue weighted by atomic mass is 10.1. The van der Waals surface area contributed by atoms with Crippen molar-refractivity contribution in [2.75, 3.05) is 0 Å². The Morgan fingerprint density at radius 2 is 1.73 bits per heavy atom. The van der Waals surface area contributed by atoms with Crippen molar-refractivity contribution >= 4 is 5.91 Å². The third-order valence-corrected chi connectivity index (χ3v) is 2.49. The first kappa shape index (κ1) is 11.8. The van der Waals surface area contributed by atoms with E-state index >= 15 is 0 Å². The molecule has 2 rings (SSSR count). The second-order valence-electron chi connectivity index (χ2n) is 3.63. The highest BCUT2D eigenvalue weighted by Crippen LogP contribution is 2.45. The van der Waals surface area contributed by atoms with E-state index in [9.17, 15) is 4.79 Å². The standard InChI is InChI=1S/C11H13NO.C2H6/c1-9(13)12-11(7-8-11)10-5-3-2-4-6-10;1-2/h2-6H,7-8H2,1H3,(H,12,13);1-2H3. The Labute approximate surface area is 91.7 Å². The fourth-order valence-electron chi connectivity index (χ4n) is 1.70. The molecule has 1 aromatic rings. The Morgan fingerprint density at radius 1 is 1.20 bits per heavy atom. The number of amides is 1. The second-order valence-corrected chi connectivity index (χ2v) is 3.63. The number of hydrogen-bond donors (Lipinski definition) is 1. The van der Waals surface area contributed by atoms with Crippen molar-refractivity contribution in [3.63, 3.8) is 0 Å². The molecule has 1 fully saturated rings. The van der Waals surface area contributed by atoms with Gasteiger partial charge >= 0.3 is 0 Å². The molecule has 0 unspecified atom stereocenters. The van der Waals surface area contributed by atoms with Crippen LogP contribution in [0, 0.1) is 0 Å². The van der Waals surface area contributed by atoms with E-state index in [4.69, 9.17) is 0 Å². The molecule has 2 nitrogen and oxygen atoms in total. The summed E-state index contributed by atoms with van der Waals surface area (Å²) in [5, 5.41) is 3.01. The average Bonchev–Trinajstić information content (AvgIpc) is 3.02. The maximum Gasteiger partial charge on any atom is 0.217 e. The minimum Gasteiger partial charge on any atom is -0.347 e. The maximum absolute atomic E-state index is 11.0. The van der Waals surface area contributed by atoms with Gasteiger partial charge in [0.2, 0.25) is 5.91 Å². The number of nitrogens with one attached hydrogen (secondary N) is 1. The maximum atomic E-state index is 11.0. The van der Waals surface area contributed by atoms with Gasteiger partial charge < -0.3 is 5.32 Å². The molecule has 0 saturated heterocycles. The summed E-state index contributed by atoms with van der Waals surface area (Å²) in [4.78, 5) is 11.0. The Hall–Kier alpha value is -1.31. The summed E-state index contributed by atoms with van der Waals surface area (Å²) in [6.45, 7) is 5.57. The van der Waals surface area contributed by atoms with Crippen LogP contribution in [0.25, 0.3) is 0 Å². The summed E-state index contributed by atoms with van der Waals surface area (Å²) in [5.41, 5.74) is 1.19. The van der Waals surface area contributed by atoms with Gasteiger partial charge in [-0.3, -0.25) is 4.79 Å². The highest BCUT2D eigenvalue weighted by atomic mass is 16.1. The Bertz CT molecular complexity index is 315. The molecule has 0 spiro atoms. The van der Waals surface area contributed by atoms with Crippen LogP contribution in [-0.4, -0.2) is 5.91 Å². The van der Waals surface area contributed by atoms with Crippen molar-refractivity contribution in [1.29, 1.82) is 0 Å². The molecule has 1 aliphatic rings. The minimum absolute atomic E-state index is 0.0346. The molecular weight excluding hydrogens is 186 g/mol. The zero-order chi connectivity index (χ0) is 11.3. The van der Waals surface area contributed by atoms with Crippen LogP contribution in [0.15, 0.2) is 30.3 Å². The van der Waals surface area contributed by atoms with Gasteiger partial charge in [0, 0.05) is 6.92 Å². The molecular formula is C13H19NO. The normalized spacial score (nSPS) is 15.9. The fourth-order valence-corrected chi connectivity index (χ4v) is 1.70. The molecule has 0 aliphatic heterocycles. The van der Waals surface area contributed by atoms with Crippen LogP contribution in [0.2, 0.25) is 0 Å². The first-order valence-corrected chi connectivity index (χ1v) is 5.57. The minimum atomic E-state index is -0.0346. The number of benzene rings is 1. The highest BCUT2D eigenvalue weighted by Gasteiger charge is 2.44. The highest BCUT2D eigenvalue weighted by molar-refractivity contribution is 5.74. The first-order chi connectivity index (χ1) is 7.23. The summed E-state index contributed by atoms with van der Waals surface area (Å²) < 4.78 is 0. The van der Waals surface area contributed by atoms with Crippen LogP contribution < -0.4 is 5.32 Å². The van der Waals surface area contributed by atoms with Crippen molar-refractivity contribution in [3.8, 4) is 0 Å². The summed E-state index contributed by atoms with van der Waals surface area (Å²) in [5.74, 6) is 0.0568. The van der Waals surface area contributed by atoms with E-state index in [1.165, 1.54) is 5.56 Å². The molecule has 2 heteroatoms. The lowest BCUT2D eigenvalue weighted by molar-refractivity contribution is -0.120. The molecule has 1 N–H and O–H groups in total. The van der Waals surface area contributed by atoms with Crippen LogP contribution in [0.4, 0.5) is 0 Å². The van der Waals surface area contributed by atoms with Crippen molar-refractivity contribution in [3.05, 3.63) is 35.9 Å². The Morgan fingerprint density at radius 3 is 2.13 bits per heavy atom. The van der Waals surface area contributed by atoms with Crippen LogP contribution >= 0.6 is 0 Å². The third-order valence-electron chi connectivity index (χ3n) is 2.49. The molecule has 1 aliphatic carbocycles. The van der Waals surface area contributed by atoms with Crippen LogP contribution in [0.5, 0.6) is 0 Å². The van der Waals surface area contributed by atoms with Crippen molar-refractivity contribution < 1.29 is 4.79 Å². The lowest BCUT2D eigenvalue weighted by Gasteiger charge is -2.16. The van der Waals surface area contributed by atoms with Gasteiger partial charge in [-0.15, -0.1) is 0 Å². The number of rotatable bonds is 2. The molecule has 1 amide bonds. The van der Waals surface area contributed by atoms with E-state index in [0.717, 1.165) is 12.8 Å². The topological polar surface area (TPSA) is 29.1 Å². The molecule has 82 valence electrons. The number of hydrogen-bond acceptors (Lipinski definition) is 1. The van der Waals surface area contributed by atoms with E-state index in [1.54, 1.807) is 6.92 Å². The van der Waals surface area contributed by atoms with Gasteiger partial charge in [0.15, 0.2) is 0 Å². The fraction of sp³-hybridized carbons (Fsp3) is 0.462. The smallest absolute Gasteiger partial charge is 0.217 e. The second kappa shape index (κ2) is 4.96. The first-order valence-electron chi connectivity index (χ1n) is 5.57. The van der Waals surface area contributed by atoms with E-state index in [-0.39, 0.29) is 11.4 Å². The van der Waals surface area contributed by atoms with E-state index in [1.807, 2.05) is 32.0 Å². The van der Waals surface area contributed by atoms with Crippen LogP contribution in [0.3, 0.4) is 0 Å². The van der Waals surface area contributed by atoms with Gasteiger partial charge in [-0.05, 0) is 18.4 Å². The molecule has 0 radical (unpaired) electrons. The van der Waals surface area contributed by atoms with Crippen LogP contribution in [0.1, 0.15) is 39.2 Å². The summed E-state index contributed by atoms with van der Waals surface area (Å²) in [7, 11) is 0. The van der Waals surface area contributed by atoms with Crippen molar-refractivity contribution in [1.82, 2.24) is 5.32 Å². The van der Waals surface area contributed by atoms with Crippen LogP contribution in [-0.2, 0) is 10.3 Å². The van der Waals surface area contributed by atoms with Gasteiger partial charge in [-0.25, -0.2) is 0 Å². The lowest BCUT2D eigenvalue weighted by Crippen LogP contribution is -2.32. The van der Waals surface area contributed by atoms with Gasteiger partial charge in [0.05, 0.1) is 5.54 Å². The zero-order valence-corrected chi connectivity index (χ0v) is 9.71. The molecule has 0 heterocycles. The van der Waals surface area contributed by atoms with Gasteiger partial charge in [0.25, 0.3) is 0 Å². The number of carbonyl (C=O) groups is 1. The van der Waals surface area contributed by atoms with E-state index in [2.05, 4.69) is 17.4 Å².